The maximum Gasteiger partial charge on any atom is 0.219 e. The molecule has 1 nitrogen and oxygen atoms in total. The van der Waals surface area contributed by atoms with Gasteiger partial charge >= 0.3 is 0 Å². The van der Waals surface area contributed by atoms with Crippen molar-refractivity contribution in [2.45, 2.75) is 10.7 Å². The molecule has 0 aliphatic carbocycles. The SMILES string of the molecule is Cc1cccc(C(Cl)(Cl)Cl)c1O. The van der Waals surface area contributed by atoms with E-state index < -0.39 is 3.79 Å². The number of alkyl halides is 3. The van der Waals surface area contributed by atoms with Gasteiger partial charge in [0, 0.05) is 5.56 Å². The van der Waals surface area contributed by atoms with Crippen molar-refractivity contribution >= 4 is 34.8 Å². The van der Waals surface area contributed by atoms with Crippen LogP contribution in [-0.4, -0.2) is 5.11 Å². The Morgan fingerprint density at radius 1 is 1.25 bits per heavy atom. The van der Waals surface area contributed by atoms with Crippen molar-refractivity contribution in [3.63, 3.8) is 0 Å². The zero-order valence-corrected chi connectivity index (χ0v) is 8.58. The minimum atomic E-state index is -1.56. The first kappa shape index (κ1) is 9.97. The summed E-state index contributed by atoms with van der Waals surface area (Å²) < 4.78 is -1.56. The topological polar surface area (TPSA) is 20.2 Å². The van der Waals surface area contributed by atoms with Gasteiger partial charge in [-0.2, -0.15) is 0 Å². The normalized spacial score (nSPS) is 11.7. The molecule has 1 aromatic carbocycles. The molecule has 0 heterocycles. The van der Waals surface area contributed by atoms with Gasteiger partial charge < -0.3 is 5.11 Å². The number of phenolic OH excluding ortho intramolecular Hbond substituents is 1. The largest absolute Gasteiger partial charge is 0.507 e. The number of aryl methyl sites for hydroxylation is 1. The summed E-state index contributed by atoms with van der Waals surface area (Å²) in [5.41, 5.74) is 1.01. The maximum absolute atomic E-state index is 9.48. The molecule has 1 aromatic rings. The minimum Gasteiger partial charge on any atom is -0.507 e. The van der Waals surface area contributed by atoms with Crippen LogP contribution >= 0.6 is 34.8 Å². The molecule has 0 aliphatic rings. The number of hydrogen-bond acceptors (Lipinski definition) is 1. The van der Waals surface area contributed by atoms with Crippen LogP contribution in [0.25, 0.3) is 0 Å². The molecule has 0 atom stereocenters. The Hall–Kier alpha value is -0.110. The molecule has 0 saturated carbocycles. The summed E-state index contributed by atoms with van der Waals surface area (Å²) in [5, 5.41) is 9.48. The van der Waals surface area contributed by atoms with E-state index in [1.165, 1.54) is 0 Å². The quantitative estimate of drug-likeness (QED) is 0.670. The maximum atomic E-state index is 9.48. The number of benzene rings is 1. The molecule has 0 saturated heterocycles. The van der Waals surface area contributed by atoms with Crippen LogP contribution in [0.1, 0.15) is 11.1 Å². The molecule has 0 aliphatic heterocycles. The summed E-state index contributed by atoms with van der Waals surface area (Å²) in [5.74, 6) is 0.0394. The second-order valence-electron chi connectivity index (χ2n) is 2.47. The van der Waals surface area contributed by atoms with Crippen molar-refractivity contribution in [1.82, 2.24) is 0 Å². The van der Waals surface area contributed by atoms with Crippen LogP contribution in [-0.2, 0) is 3.79 Å². The van der Waals surface area contributed by atoms with E-state index in [0.717, 1.165) is 0 Å². The van der Waals surface area contributed by atoms with Gasteiger partial charge in [0.05, 0.1) is 0 Å². The Morgan fingerprint density at radius 2 is 1.83 bits per heavy atom. The molecule has 12 heavy (non-hydrogen) atoms. The Kier molecular flexibility index (Phi) is 2.77. The summed E-state index contributed by atoms with van der Waals surface area (Å²) in [6.45, 7) is 1.75. The Balaban J connectivity index is 3.26. The van der Waals surface area contributed by atoms with Crippen LogP contribution in [0.4, 0.5) is 0 Å². The van der Waals surface area contributed by atoms with Gasteiger partial charge in [-0.1, -0.05) is 53.0 Å². The summed E-state index contributed by atoms with van der Waals surface area (Å²) in [6.07, 6.45) is 0. The fourth-order valence-corrected chi connectivity index (χ4v) is 1.35. The minimum absolute atomic E-state index is 0.0394. The second kappa shape index (κ2) is 3.33. The van der Waals surface area contributed by atoms with Crippen molar-refractivity contribution in [3.05, 3.63) is 29.3 Å². The average molecular weight is 226 g/mol. The lowest BCUT2D eigenvalue weighted by Crippen LogP contribution is -2.00. The van der Waals surface area contributed by atoms with E-state index in [2.05, 4.69) is 0 Å². The van der Waals surface area contributed by atoms with Crippen LogP contribution in [0.2, 0.25) is 0 Å². The average Bonchev–Trinajstić information content (AvgIpc) is 1.92. The van der Waals surface area contributed by atoms with Crippen molar-refractivity contribution in [2.75, 3.05) is 0 Å². The highest BCUT2D eigenvalue weighted by atomic mass is 35.6. The lowest BCUT2D eigenvalue weighted by atomic mass is 10.1. The summed E-state index contributed by atoms with van der Waals surface area (Å²) in [6, 6.07) is 5.05. The lowest BCUT2D eigenvalue weighted by Gasteiger charge is -2.13. The van der Waals surface area contributed by atoms with Crippen LogP contribution < -0.4 is 0 Å². The predicted molar refractivity (Wildman–Crippen MR) is 52.1 cm³/mol. The summed E-state index contributed by atoms with van der Waals surface area (Å²) in [4.78, 5) is 0. The number of para-hydroxylation sites is 1. The molecule has 0 aromatic heterocycles. The Bertz CT molecular complexity index is 291. The molecular formula is C8H7Cl3O. The van der Waals surface area contributed by atoms with Crippen LogP contribution in [0, 0.1) is 6.92 Å². The molecule has 0 unspecified atom stereocenters. The van der Waals surface area contributed by atoms with Gasteiger partial charge in [-0.25, -0.2) is 0 Å². The van der Waals surface area contributed by atoms with Gasteiger partial charge in [0.25, 0.3) is 0 Å². The third kappa shape index (κ3) is 1.98. The molecular weight excluding hydrogens is 218 g/mol. The van der Waals surface area contributed by atoms with E-state index in [0.29, 0.717) is 11.1 Å². The molecule has 1 rings (SSSR count). The molecule has 0 amide bonds. The number of rotatable bonds is 0. The van der Waals surface area contributed by atoms with Gasteiger partial charge in [0.15, 0.2) is 0 Å². The molecule has 4 heteroatoms. The monoisotopic (exact) mass is 224 g/mol. The highest BCUT2D eigenvalue weighted by molar-refractivity contribution is 6.66. The van der Waals surface area contributed by atoms with E-state index in [9.17, 15) is 5.11 Å². The van der Waals surface area contributed by atoms with E-state index in [4.69, 9.17) is 34.8 Å². The third-order valence-corrected chi connectivity index (χ3v) is 2.15. The highest BCUT2D eigenvalue weighted by Gasteiger charge is 2.26. The molecule has 0 radical (unpaired) electrons. The Labute approximate surface area is 85.9 Å². The molecule has 66 valence electrons. The first-order valence-electron chi connectivity index (χ1n) is 3.28. The van der Waals surface area contributed by atoms with E-state index in [-0.39, 0.29) is 5.75 Å². The summed E-state index contributed by atoms with van der Waals surface area (Å²) in [7, 11) is 0. The van der Waals surface area contributed by atoms with Crippen LogP contribution in [0.5, 0.6) is 5.75 Å². The number of phenols is 1. The number of hydrogen-bond donors (Lipinski definition) is 1. The van der Waals surface area contributed by atoms with E-state index in [1.807, 2.05) is 0 Å². The van der Waals surface area contributed by atoms with E-state index >= 15 is 0 Å². The third-order valence-electron chi connectivity index (χ3n) is 1.54. The fourth-order valence-electron chi connectivity index (χ4n) is 0.888. The number of halogens is 3. The zero-order chi connectivity index (χ0) is 9.35. The first-order valence-corrected chi connectivity index (χ1v) is 4.42. The second-order valence-corrected chi connectivity index (χ2v) is 4.75. The zero-order valence-electron chi connectivity index (χ0n) is 6.31. The lowest BCUT2D eigenvalue weighted by molar-refractivity contribution is 0.465. The number of aromatic hydroxyl groups is 1. The van der Waals surface area contributed by atoms with Crippen LogP contribution in [0.15, 0.2) is 18.2 Å². The van der Waals surface area contributed by atoms with Gasteiger partial charge in [-0.3, -0.25) is 0 Å². The van der Waals surface area contributed by atoms with Gasteiger partial charge in [-0.05, 0) is 12.5 Å². The van der Waals surface area contributed by atoms with Crippen molar-refractivity contribution in [3.8, 4) is 5.75 Å². The fraction of sp³-hybridized carbons (Fsp3) is 0.250. The van der Waals surface area contributed by atoms with Crippen molar-refractivity contribution in [1.29, 1.82) is 0 Å². The standard InChI is InChI=1S/C8H7Cl3O/c1-5-3-2-4-6(7(5)12)8(9,10)11/h2-4,12H,1H3. The van der Waals surface area contributed by atoms with Crippen molar-refractivity contribution in [2.24, 2.45) is 0 Å². The highest BCUT2D eigenvalue weighted by Crippen LogP contribution is 2.43. The molecule has 0 spiro atoms. The van der Waals surface area contributed by atoms with Gasteiger partial charge in [-0.15, -0.1) is 0 Å². The smallest absolute Gasteiger partial charge is 0.219 e. The van der Waals surface area contributed by atoms with Crippen LogP contribution in [0.3, 0.4) is 0 Å². The van der Waals surface area contributed by atoms with Gasteiger partial charge in [0.1, 0.15) is 5.75 Å². The predicted octanol–water partition coefficient (Wildman–Crippen LogP) is 3.53. The molecule has 0 bridgehead atoms. The molecule has 1 N–H and O–H groups in total. The van der Waals surface area contributed by atoms with Crippen molar-refractivity contribution < 1.29 is 5.11 Å². The van der Waals surface area contributed by atoms with E-state index in [1.54, 1.807) is 25.1 Å². The van der Waals surface area contributed by atoms with Gasteiger partial charge in [0.2, 0.25) is 3.79 Å². The summed E-state index contributed by atoms with van der Waals surface area (Å²) >= 11 is 16.8. The molecule has 0 fully saturated rings. The Morgan fingerprint density at radius 3 is 2.25 bits per heavy atom. The first-order chi connectivity index (χ1) is 5.43.